The van der Waals surface area contributed by atoms with Crippen LogP contribution in [0.15, 0.2) is 24.5 Å². The number of hydrogen-bond acceptors (Lipinski definition) is 4. The molecule has 2 aromatic heterocycles. The Morgan fingerprint density at radius 2 is 2.26 bits per heavy atom. The molecule has 2 heterocycles. The summed E-state index contributed by atoms with van der Waals surface area (Å²) < 4.78 is 7.54. The van der Waals surface area contributed by atoms with Crippen LogP contribution in [0, 0.1) is 6.92 Å². The first-order valence-corrected chi connectivity index (χ1v) is 6.48. The van der Waals surface area contributed by atoms with Gasteiger partial charge in [-0.1, -0.05) is 19.1 Å². The average Bonchev–Trinajstić information content (AvgIpc) is 2.77. The minimum Gasteiger partial charge on any atom is -0.435 e. The summed E-state index contributed by atoms with van der Waals surface area (Å²) in [6, 6.07) is 3.67. The molecule has 2 aromatic rings. The normalized spacial score (nSPS) is 10.4. The van der Waals surface area contributed by atoms with E-state index in [-0.39, 0.29) is 4.99 Å². The van der Waals surface area contributed by atoms with Crippen LogP contribution in [0.1, 0.15) is 24.6 Å². The molecule has 0 aromatic carbocycles. The van der Waals surface area contributed by atoms with Crippen LogP contribution in [0.3, 0.4) is 0 Å². The van der Waals surface area contributed by atoms with E-state index in [1.54, 1.807) is 6.20 Å². The second kappa shape index (κ2) is 5.79. The van der Waals surface area contributed by atoms with Crippen molar-refractivity contribution in [1.29, 1.82) is 0 Å². The van der Waals surface area contributed by atoms with Crippen LogP contribution in [0.25, 0.3) is 0 Å². The first-order chi connectivity index (χ1) is 9.10. The van der Waals surface area contributed by atoms with E-state index in [0.29, 0.717) is 17.2 Å². The molecule has 0 amide bonds. The van der Waals surface area contributed by atoms with Gasteiger partial charge in [-0.2, -0.15) is 5.10 Å². The van der Waals surface area contributed by atoms with Gasteiger partial charge in [-0.15, -0.1) is 0 Å². The van der Waals surface area contributed by atoms with E-state index in [4.69, 9.17) is 22.7 Å². The van der Waals surface area contributed by atoms with Gasteiger partial charge in [0.05, 0.1) is 18.0 Å². The first kappa shape index (κ1) is 13.5. The van der Waals surface area contributed by atoms with Crippen LogP contribution in [0.2, 0.25) is 0 Å². The predicted molar refractivity (Wildman–Crippen MR) is 77.5 cm³/mol. The molecule has 0 aliphatic heterocycles. The Bertz CT molecular complexity index is 594. The van der Waals surface area contributed by atoms with Crippen molar-refractivity contribution in [3.05, 3.63) is 35.8 Å². The fraction of sp³-hybridized carbons (Fsp3) is 0.308. The lowest BCUT2D eigenvalue weighted by atomic mass is 10.2. The lowest BCUT2D eigenvalue weighted by molar-refractivity contribution is 0.459. The Morgan fingerprint density at radius 1 is 1.47 bits per heavy atom. The van der Waals surface area contributed by atoms with Gasteiger partial charge in [-0.25, -0.2) is 4.98 Å². The number of nitrogens with zero attached hydrogens (tertiary/aromatic N) is 3. The minimum absolute atomic E-state index is 0.267. The molecule has 6 heteroatoms. The third-order valence-electron chi connectivity index (χ3n) is 2.54. The molecule has 2 rings (SSSR count). The van der Waals surface area contributed by atoms with Crippen molar-refractivity contribution in [1.82, 2.24) is 14.8 Å². The molecule has 0 spiro atoms. The van der Waals surface area contributed by atoms with Crippen LogP contribution < -0.4 is 10.5 Å². The van der Waals surface area contributed by atoms with Crippen molar-refractivity contribution in [2.75, 3.05) is 0 Å². The molecule has 0 unspecified atom stereocenters. The lowest BCUT2D eigenvalue weighted by Gasteiger charge is -2.08. The Balaban J connectivity index is 2.26. The van der Waals surface area contributed by atoms with Crippen molar-refractivity contribution >= 4 is 17.2 Å². The SMILES string of the molecule is CCCn1cc(Oc2nc(C)ccc2C(N)=S)cn1. The molecule has 0 saturated heterocycles. The van der Waals surface area contributed by atoms with Crippen molar-refractivity contribution < 1.29 is 4.74 Å². The molecule has 19 heavy (non-hydrogen) atoms. The summed E-state index contributed by atoms with van der Waals surface area (Å²) in [5.74, 6) is 1.05. The Hall–Kier alpha value is -1.95. The van der Waals surface area contributed by atoms with Crippen LogP contribution >= 0.6 is 12.2 Å². The van der Waals surface area contributed by atoms with Gasteiger partial charge in [0.15, 0.2) is 5.75 Å². The highest BCUT2D eigenvalue weighted by Gasteiger charge is 2.10. The van der Waals surface area contributed by atoms with E-state index < -0.39 is 0 Å². The second-order valence-electron chi connectivity index (χ2n) is 4.21. The van der Waals surface area contributed by atoms with Crippen LogP contribution in [-0.4, -0.2) is 19.8 Å². The predicted octanol–water partition coefficient (Wildman–Crippen LogP) is 2.42. The highest BCUT2D eigenvalue weighted by atomic mass is 32.1. The maximum atomic E-state index is 5.72. The van der Waals surface area contributed by atoms with E-state index >= 15 is 0 Å². The second-order valence-corrected chi connectivity index (χ2v) is 4.65. The van der Waals surface area contributed by atoms with Crippen molar-refractivity contribution in [3.63, 3.8) is 0 Å². The van der Waals surface area contributed by atoms with E-state index in [1.807, 2.05) is 29.9 Å². The Kier molecular flexibility index (Phi) is 4.11. The van der Waals surface area contributed by atoms with Crippen LogP contribution in [0.4, 0.5) is 0 Å². The highest BCUT2D eigenvalue weighted by Crippen LogP contribution is 2.23. The van der Waals surface area contributed by atoms with Crippen molar-refractivity contribution in [3.8, 4) is 11.6 Å². The molecule has 0 aliphatic carbocycles. The molecule has 2 N–H and O–H groups in total. The Morgan fingerprint density at radius 3 is 2.95 bits per heavy atom. The summed E-state index contributed by atoms with van der Waals surface area (Å²) in [7, 11) is 0. The number of rotatable bonds is 5. The van der Waals surface area contributed by atoms with Crippen molar-refractivity contribution in [2.45, 2.75) is 26.8 Å². The van der Waals surface area contributed by atoms with Gasteiger partial charge < -0.3 is 10.5 Å². The molecular weight excluding hydrogens is 260 g/mol. The zero-order valence-corrected chi connectivity index (χ0v) is 11.8. The van der Waals surface area contributed by atoms with E-state index in [0.717, 1.165) is 18.7 Å². The van der Waals surface area contributed by atoms with Gasteiger partial charge in [0.25, 0.3) is 0 Å². The number of ether oxygens (including phenoxy) is 1. The van der Waals surface area contributed by atoms with Gasteiger partial charge in [-0.3, -0.25) is 4.68 Å². The summed E-state index contributed by atoms with van der Waals surface area (Å²) >= 11 is 4.99. The number of aromatic nitrogens is 3. The van der Waals surface area contributed by atoms with Gasteiger partial charge >= 0.3 is 0 Å². The number of hydrogen-bond donors (Lipinski definition) is 1. The van der Waals surface area contributed by atoms with Crippen LogP contribution in [-0.2, 0) is 6.54 Å². The van der Waals surface area contributed by atoms with Gasteiger partial charge in [-0.05, 0) is 25.5 Å². The Labute approximate surface area is 117 Å². The molecular formula is C13H16N4OS. The molecule has 0 bridgehead atoms. The molecule has 0 fully saturated rings. The first-order valence-electron chi connectivity index (χ1n) is 6.08. The standard InChI is InChI=1S/C13H16N4OS/c1-3-6-17-8-10(7-15-17)18-13-11(12(14)19)5-4-9(2)16-13/h4-5,7-8H,3,6H2,1-2H3,(H2,14,19). The smallest absolute Gasteiger partial charge is 0.229 e. The van der Waals surface area contributed by atoms with Gasteiger partial charge in [0, 0.05) is 12.2 Å². The fourth-order valence-electron chi connectivity index (χ4n) is 1.66. The highest BCUT2D eigenvalue weighted by molar-refractivity contribution is 7.80. The molecule has 0 aliphatic rings. The largest absolute Gasteiger partial charge is 0.435 e. The average molecular weight is 276 g/mol. The molecule has 0 radical (unpaired) electrons. The summed E-state index contributed by atoms with van der Waals surface area (Å²) in [5, 5.41) is 4.20. The minimum atomic E-state index is 0.267. The number of aryl methyl sites for hydroxylation is 2. The quantitative estimate of drug-likeness (QED) is 0.850. The summed E-state index contributed by atoms with van der Waals surface area (Å²) in [4.78, 5) is 4.59. The number of thiocarbonyl (C=S) groups is 1. The third-order valence-corrected chi connectivity index (χ3v) is 2.76. The molecule has 100 valence electrons. The maximum absolute atomic E-state index is 5.72. The lowest BCUT2D eigenvalue weighted by Crippen LogP contribution is -2.11. The zero-order chi connectivity index (χ0) is 13.8. The van der Waals surface area contributed by atoms with Gasteiger partial charge in [0.2, 0.25) is 5.88 Å². The number of nitrogens with two attached hydrogens (primary N) is 1. The molecule has 0 atom stereocenters. The summed E-state index contributed by atoms with van der Waals surface area (Å²) in [5.41, 5.74) is 7.13. The van der Waals surface area contributed by atoms with Crippen LogP contribution in [0.5, 0.6) is 11.6 Å². The zero-order valence-electron chi connectivity index (χ0n) is 11.0. The third kappa shape index (κ3) is 3.29. The monoisotopic (exact) mass is 276 g/mol. The van der Waals surface area contributed by atoms with E-state index in [9.17, 15) is 0 Å². The maximum Gasteiger partial charge on any atom is 0.229 e. The summed E-state index contributed by atoms with van der Waals surface area (Å²) in [6.45, 7) is 4.83. The molecule has 0 saturated carbocycles. The van der Waals surface area contributed by atoms with E-state index in [2.05, 4.69) is 17.0 Å². The fourth-order valence-corrected chi connectivity index (χ4v) is 1.81. The number of pyridine rings is 1. The molecule has 5 nitrogen and oxygen atoms in total. The topological polar surface area (TPSA) is 66.0 Å². The van der Waals surface area contributed by atoms with Crippen molar-refractivity contribution in [2.24, 2.45) is 5.73 Å². The van der Waals surface area contributed by atoms with E-state index in [1.165, 1.54) is 0 Å². The summed E-state index contributed by atoms with van der Waals surface area (Å²) in [6.07, 6.45) is 4.50. The van der Waals surface area contributed by atoms with Gasteiger partial charge in [0.1, 0.15) is 4.99 Å².